The van der Waals surface area contributed by atoms with E-state index in [0.717, 1.165) is 12.8 Å². The molecule has 9 heavy (non-hydrogen) atoms. The van der Waals surface area contributed by atoms with E-state index >= 15 is 0 Å². The zero-order valence-corrected chi connectivity index (χ0v) is 5.26. The first-order chi connectivity index (χ1) is 4.34. The molecule has 0 aromatic heterocycles. The second-order valence-electron chi connectivity index (χ2n) is 2.42. The maximum atomic E-state index is 10.8. The molecular weight excluding hydrogens is 114 g/mol. The molecule has 1 unspecified atom stereocenters. The van der Waals surface area contributed by atoms with E-state index in [0.29, 0.717) is 12.8 Å². The summed E-state index contributed by atoms with van der Waals surface area (Å²) < 4.78 is 0. The largest absolute Gasteiger partial charge is 0.299 e. The van der Waals surface area contributed by atoms with Gasteiger partial charge in [0.1, 0.15) is 5.78 Å². The first kappa shape index (κ1) is 6.28. The highest BCUT2D eigenvalue weighted by molar-refractivity contribution is 5.83. The van der Waals surface area contributed by atoms with Crippen LogP contribution in [0.3, 0.4) is 0 Å². The number of Topliss-reactive ketones (excluding diaryl/α,β-unsaturated/α-hetero) is 1. The average molecular weight is 123 g/mol. The lowest BCUT2D eigenvalue weighted by atomic mass is 10.0. The van der Waals surface area contributed by atoms with Gasteiger partial charge in [0.25, 0.3) is 0 Å². The summed E-state index contributed by atoms with van der Waals surface area (Å²) >= 11 is 0. The monoisotopic (exact) mass is 123 g/mol. The highest BCUT2D eigenvalue weighted by Gasteiger charge is 2.23. The summed E-state index contributed by atoms with van der Waals surface area (Å²) in [5, 5.41) is 8.24. The van der Waals surface area contributed by atoms with Crippen molar-refractivity contribution in [2.75, 3.05) is 0 Å². The van der Waals surface area contributed by atoms with Gasteiger partial charge in [0.2, 0.25) is 0 Å². The topological polar surface area (TPSA) is 40.9 Å². The van der Waals surface area contributed by atoms with Gasteiger partial charge in [-0.2, -0.15) is 5.26 Å². The molecule has 48 valence electrons. The van der Waals surface area contributed by atoms with Crippen molar-refractivity contribution in [3.8, 4) is 6.07 Å². The Morgan fingerprint density at radius 2 is 2.56 bits per heavy atom. The predicted octanol–water partition coefficient (Wildman–Crippen LogP) is 1.27. The molecule has 0 amide bonds. The molecule has 1 rings (SSSR count). The number of nitrogens with zero attached hydrogens (tertiary/aromatic N) is 1. The Balaban J connectivity index is 2.42. The third kappa shape index (κ3) is 1.29. The van der Waals surface area contributed by atoms with Crippen molar-refractivity contribution in [3.63, 3.8) is 0 Å². The number of hydrogen-bond acceptors (Lipinski definition) is 2. The van der Waals surface area contributed by atoms with Crippen LogP contribution in [0.4, 0.5) is 0 Å². The highest BCUT2D eigenvalue weighted by Crippen LogP contribution is 2.23. The molecule has 1 fully saturated rings. The van der Waals surface area contributed by atoms with Crippen LogP contribution in [-0.2, 0) is 4.79 Å². The van der Waals surface area contributed by atoms with E-state index in [-0.39, 0.29) is 11.7 Å². The normalized spacial score (nSPS) is 26.1. The Hall–Kier alpha value is -0.840. The number of ketones is 1. The molecule has 1 aliphatic carbocycles. The molecule has 0 heterocycles. The van der Waals surface area contributed by atoms with Crippen LogP contribution in [0.2, 0.25) is 0 Å². The summed E-state index contributed by atoms with van der Waals surface area (Å²) in [4.78, 5) is 10.8. The van der Waals surface area contributed by atoms with Crippen LogP contribution in [0.15, 0.2) is 0 Å². The summed E-state index contributed by atoms with van der Waals surface area (Å²) in [5.41, 5.74) is 0. The molecule has 0 spiro atoms. The van der Waals surface area contributed by atoms with E-state index in [2.05, 4.69) is 0 Å². The van der Waals surface area contributed by atoms with Crippen molar-refractivity contribution < 1.29 is 4.79 Å². The standard InChI is InChI=1S/C7H9NO/c8-5-4-6-2-1-3-7(6)9/h6H,1-4H2. The van der Waals surface area contributed by atoms with Crippen molar-refractivity contribution in [2.24, 2.45) is 5.92 Å². The lowest BCUT2D eigenvalue weighted by Crippen LogP contribution is -2.03. The molecule has 1 aliphatic rings. The second kappa shape index (κ2) is 2.63. The van der Waals surface area contributed by atoms with Gasteiger partial charge in [-0.3, -0.25) is 4.79 Å². The lowest BCUT2D eigenvalue weighted by molar-refractivity contribution is -0.120. The SMILES string of the molecule is N#CCC1CCCC1=O. The number of rotatable bonds is 1. The van der Waals surface area contributed by atoms with Crippen LogP contribution in [0.25, 0.3) is 0 Å². The van der Waals surface area contributed by atoms with Crippen molar-refractivity contribution in [1.29, 1.82) is 5.26 Å². The molecule has 0 saturated heterocycles. The van der Waals surface area contributed by atoms with Gasteiger partial charge in [-0.25, -0.2) is 0 Å². The second-order valence-corrected chi connectivity index (χ2v) is 2.42. The fourth-order valence-corrected chi connectivity index (χ4v) is 1.21. The molecule has 0 aromatic carbocycles. The van der Waals surface area contributed by atoms with Gasteiger partial charge in [-0.1, -0.05) is 0 Å². The van der Waals surface area contributed by atoms with E-state index < -0.39 is 0 Å². The zero-order chi connectivity index (χ0) is 6.69. The number of nitriles is 1. The summed E-state index contributed by atoms with van der Waals surface area (Å²) in [5.74, 6) is 0.367. The summed E-state index contributed by atoms with van der Waals surface area (Å²) in [6.45, 7) is 0. The first-order valence-electron chi connectivity index (χ1n) is 3.24. The third-order valence-corrected chi connectivity index (χ3v) is 1.77. The van der Waals surface area contributed by atoms with Gasteiger partial charge in [0.15, 0.2) is 0 Å². The van der Waals surface area contributed by atoms with Crippen LogP contribution in [0.5, 0.6) is 0 Å². The maximum Gasteiger partial charge on any atom is 0.137 e. The minimum Gasteiger partial charge on any atom is -0.299 e. The summed E-state index contributed by atoms with van der Waals surface area (Å²) in [6, 6.07) is 2.02. The van der Waals surface area contributed by atoms with Crippen LogP contribution >= 0.6 is 0 Å². The van der Waals surface area contributed by atoms with Gasteiger partial charge < -0.3 is 0 Å². The fourth-order valence-electron chi connectivity index (χ4n) is 1.21. The van der Waals surface area contributed by atoms with Crippen molar-refractivity contribution in [3.05, 3.63) is 0 Å². The fraction of sp³-hybridized carbons (Fsp3) is 0.714. The minimum atomic E-state index is 0.0787. The molecular formula is C7H9NO. The van der Waals surface area contributed by atoms with E-state index in [1.807, 2.05) is 6.07 Å². The number of hydrogen-bond donors (Lipinski definition) is 0. The first-order valence-corrected chi connectivity index (χ1v) is 3.24. The predicted molar refractivity (Wildman–Crippen MR) is 32.6 cm³/mol. The molecule has 0 radical (unpaired) electrons. The Bertz CT molecular complexity index is 157. The van der Waals surface area contributed by atoms with Crippen LogP contribution < -0.4 is 0 Å². The van der Waals surface area contributed by atoms with Gasteiger partial charge in [-0.15, -0.1) is 0 Å². The minimum absolute atomic E-state index is 0.0787. The van der Waals surface area contributed by atoms with E-state index in [9.17, 15) is 4.79 Å². The maximum absolute atomic E-state index is 10.8. The average Bonchev–Trinajstić information content (AvgIpc) is 2.18. The van der Waals surface area contributed by atoms with E-state index in [1.165, 1.54) is 0 Å². The highest BCUT2D eigenvalue weighted by atomic mass is 16.1. The molecule has 0 bridgehead atoms. The van der Waals surface area contributed by atoms with Crippen molar-refractivity contribution >= 4 is 5.78 Å². The third-order valence-electron chi connectivity index (χ3n) is 1.77. The quantitative estimate of drug-likeness (QED) is 0.526. The van der Waals surface area contributed by atoms with Crippen LogP contribution in [0.1, 0.15) is 25.7 Å². The van der Waals surface area contributed by atoms with Gasteiger partial charge in [0.05, 0.1) is 6.07 Å². The summed E-state index contributed by atoms with van der Waals surface area (Å²) in [6.07, 6.45) is 3.06. The van der Waals surface area contributed by atoms with E-state index in [4.69, 9.17) is 5.26 Å². The zero-order valence-electron chi connectivity index (χ0n) is 5.26. The molecule has 1 atom stereocenters. The Labute approximate surface area is 54.5 Å². The van der Waals surface area contributed by atoms with Crippen LogP contribution in [0, 0.1) is 17.2 Å². The van der Waals surface area contributed by atoms with Crippen molar-refractivity contribution in [2.45, 2.75) is 25.7 Å². The molecule has 1 saturated carbocycles. The molecule has 2 heteroatoms. The van der Waals surface area contributed by atoms with Gasteiger partial charge >= 0.3 is 0 Å². The number of carbonyl (C=O) groups is 1. The van der Waals surface area contributed by atoms with Gasteiger partial charge in [0, 0.05) is 18.8 Å². The van der Waals surface area contributed by atoms with E-state index in [1.54, 1.807) is 0 Å². The summed E-state index contributed by atoms with van der Waals surface area (Å²) in [7, 11) is 0. The Morgan fingerprint density at radius 1 is 1.78 bits per heavy atom. The molecule has 0 aromatic rings. The molecule has 2 nitrogen and oxygen atoms in total. The smallest absolute Gasteiger partial charge is 0.137 e. The van der Waals surface area contributed by atoms with Gasteiger partial charge in [-0.05, 0) is 12.8 Å². The Morgan fingerprint density at radius 3 is 3.00 bits per heavy atom. The molecule has 0 N–H and O–H groups in total. The molecule has 0 aliphatic heterocycles. The van der Waals surface area contributed by atoms with Crippen molar-refractivity contribution in [1.82, 2.24) is 0 Å². The number of carbonyl (C=O) groups excluding carboxylic acids is 1. The lowest BCUT2D eigenvalue weighted by Gasteiger charge is -1.97. The van der Waals surface area contributed by atoms with Crippen LogP contribution in [-0.4, -0.2) is 5.78 Å². The Kier molecular flexibility index (Phi) is 1.84.